The van der Waals surface area contributed by atoms with Crippen LogP contribution in [0.4, 0.5) is 0 Å². The van der Waals surface area contributed by atoms with Gasteiger partial charge in [0.05, 0.1) is 0 Å². The van der Waals surface area contributed by atoms with E-state index in [0.29, 0.717) is 5.75 Å². The Kier molecular flexibility index (Phi) is 18.6. The summed E-state index contributed by atoms with van der Waals surface area (Å²) in [5.41, 5.74) is 1.09. The van der Waals surface area contributed by atoms with E-state index in [1.165, 1.54) is 38.5 Å². The first-order valence-electron chi connectivity index (χ1n) is 7.43. The monoisotopic (exact) mass is 296 g/mol. The molecule has 0 aromatic heterocycles. The third kappa shape index (κ3) is 16.1. The van der Waals surface area contributed by atoms with Gasteiger partial charge in [0.1, 0.15) is 5.75 Å². The van der Waals surface area contributed by atoms with Crippen molar-refractivity contribution in [3.8, 4) is 5.75 Å². The van der Waals surface area contributed by atoms with E-state index in [2.05, 4.69) is 13.5 Å². The van der Waals surface area contributed by atoms with Crippen molar-refractivity contribution in [3.05, 3.63) is 52.2 Å². The molecule has 21 heavy (non-hydrogen) atoms. The van der Waals surface area contributed by atoms with Crippen molar-refractivity contribution in [1.29, 1.82) is 0 Å². The molecule has 0 aliphatic rings. The van der Waals surface area contributed by atoms with Crippen molar-refractivity contribution < 1.29 is 10.4 Å². The summed E-state index contributed by atoms with van der Waals surface area (Å²) in [6.07, 6.45) is 10.6. The second kappa shape index (κ2) is 18.2. The maximum atomic E-state index is 9.55. The quantitative estimate of drug-likeness (QED) is 0.267. The van der Waals surface area contributed by atoms with Gasteiger partial charge >= 0.3 is 0 Å². The topological polar surface area (TPSA) is 71.7 Å². The first kappa shape index (κ1) is 21.5. The zero-order valence-corrected chi connectivity index (χ0v) is 13.2. The highest BCUT2D eigenvalue weighted by Crippen LogP contribution is 2.18. The first-order chi connectivity index (χ1) is 10.2. The number of aromatic hydroxyl groups is 1. The van der Waals surface area contributed by atoms with Crippen molar-refractivity contribution in [3.63, 3.8) is 0 Å². The predicted molar refractivity (Wildman–Crippen MR) is 87.8 cm³/mol. The first-order valence-corrected chi connectivity index (χ1v) is 7.43. The minimum absolute atomic E-state index is 0.450. The summed E-state index contributed by atoms with van der Waals surface area (Å²) in [5.74, 6) is 0.450. The van der Waals surface area contributed by atoms with Gasteiger partial charge in [-0.25, -0.2) is 0 Å². The lowest BCUT2D eigenvalue weighted by molar-refractivity contribution is -0.284. The molecule has 0 saturated heterocycles. The lowest BCUT2D eigenvalue weighted by Gasteiger charge is -2.03. The van der Waals surface area contributed by atoms with Crippen LogP contribution in [0.1, 0.15) is 57.9 Å². The fourth-order valence-corrected chi connectivity index (χ4v) is 1.82. The molecule has 0 saturated carbocycles. The third-order valence-electron chi connectivity index (χ3n) is 2.79. The lowest BCUT2D eigenvalue weighted by Crippen LogP contribution is -1.86. The van der Waals surface area contributed by atoms with Crippen LogP contribution in [0.2, 0.25) is 0 Å². The largest absolute Gasteiger partial charge is 0.508 e. The molecular formula is C17H28O4. The Morgan fingerprint density at radius 2 is 1.67 bits per heavy atom. The van der Waals surface area contributed by atoms with Gasteiger partial charge in [-0.2, -0.15) is 0 Å². The minimum Gasteiger partial charge on any atom is -0.508 e. The van der Waals surface area contributed by atoms with Gasteiger partial charge in [-0.3, -0.25) is 0 Å². The van der Waals surface area contributed by atoms with Gasteiger partial charge in [0.25, 0.3) is 0 Å². The molecule has 0 bridgehead atoms. The van der Waals surface area contributed by atoms with Crippen LogP contribution in [0.25, 0.3) is 0 Å². The Balaban J connectivity index is 0. The highest BCUT2D eigenvalue weighted by Gasteiger charge is 1.98. The zero-order valence-electron chi connectivity index (χ0n) is 13.2. The summed E-state index contributed by atoms with van der Waals surface area (Å²) in [6, 6.07) is 7.65. The molecule has 0 fully saturated rings. The molecule has 4 heteroatoms. The van der Waals surface area contributed by atoms with Crippen LogP contribution in [0.3, 0.4) is 0 Å². The second-order valence-electron chi connectivity index (χ2n) is 4.62. The molecular weight excluding hydrogens is 268 g/mol. The van der Waals surface area contributed by atoms with E-state index in [-0.39, 0.29) is 0 Å². The number of aryl methyl sites for hydroxylation is 1. The molecule has 0 atom stereocenters. The highest BCUT2D eigenvalue weighted by atomic mass is 17.2. The normalized spacial score (nSPS) is 8.67. The van der Waals surface area contributed by atoms with E-state index in [1.54, 1.807) is 16.9 Å². The number of hydrogen-bond acceptors (Lipinski definition) is 3. The Morgan fingerprint density at radius 3 is 2.19 bits per heavy atom. The van der Waals surface area contributed by atoms with Gasteiger partial charge in [0, 0.05) is 0 Å². The summed E-state index contributed by atoms with van der Waals surface area (Å²) in [6.45, 7) is 7.49. The average molecular weight is 296 g/mol. The van der Waals surface area contributed by atoms with Crippen molar-refractivity contribution in [2.45, 2.75) is 58.8 Å². The van der Waals surface area contributed by atoms with Gasteiger partial charge < -0.3 is 5.11 Å². The van der Waals surface area contributed by atoms with Crippen LogP contribution in [-0.2, 0) is 6.42 Å². The molecule has 0 aliphatic heterocycles. The van der Waals surface area contributed by atoms with E-state index < -0.39 is 0 Å². The van der Waals surface area contributed by atoms with E-state index in [4.69, 9.17) is 10.2 Å². The molecule has 1 rings (SSSR count). The Hall–Kier alpha value is -1.84. The van der Waals surface area contributed by atoms with Crippen LogP contribution < -0.4 is 5.26 Å². The Bertz CT molecular complexity index is 344. The molecule has 0 aliphatic carbocycles. The predicted octanol–water partition coefficient (Wildman–Crippen LogP) is 4.37. The molecule has 0 heterocycles. The smallest absolute Gasteiger partial charge is 0.154 e. The Labute approximate surface area is 128 Å². The molecule has 1 aromatic carbocycles. The van der Waals surface area contributed by atoms with E-state index >= 15 is 0 Å². The maximum absolute atomic E-state index is 9.55. The molecule has 0 radical (unpaired) electrons. The standard InChI is InChI=1S/C14H22O.C3H6.O3/c1-2-3-4-5-6-7-10-13-11-8-9-12-14(13)15;2*1-3-2/h8-9,11-12,15H,2-7,10H2,1H3;3H,1H2,2H3;. The summed E-state index contributed by atoms with van der Waals surface area (Å²) in [4.78, 5) is 7.88. The van der Waals surface area contributed by atoms with Crippen LogP contribution in [0.15, 0.2) is 36.9 Å². The van der Waals surface area contributed by atoms with Crippen molar-refractivity contribution in [2.24, 2.45) is 0 Å². The number of hydrogen-bond donors (Lipinski definition) is 1. The zero-order chi connectivity index (χ0) is 16.3. The van der Waals surface area contributed by atoms with E-state index in [0.717, 1.165) is 12.0 Å². The molecule has 120 valence electrons. The van der Waals surface area contributed by atoms with E-state index in [1.807, 2.05) is 25.1 Å². The van der Waals surface area contributed by atoms with Crippen molar-refractivity contribution in [2.75, 3.05) is 0 Å². The number of allylic oxidation sites excluding steroid dienone is 1. The fraction of sp³-hybridized carbons (Fsp3) is 0.529. The molecule has 0 amide bonds. The molecule has 0 unspecified atom stereocenters. The number of phenolic OH excluding ortho intramolecular Hbond substituents is 1. The lowest BCUT2D eigenvalue weighted by atomic mass is 10.0. The number of para-hydroxylation sites is 1. The average Bonchev–Trinajstić information content (AvgIpc) is 2.46. The van der Waals surface area contributed by atoms with Crippen molar-refractivity contribution in [1.82, 2.24) is 0 Å². The van der Waals surface area contributed by atoms with Crippen LogP contribution in [-0.4, -0.2) is 5.11 Å². The minimum atomic E-state index is 0.450. The summed E-state index contributed by atoms with van der Waals surface area (Å²) < 4.78 is 1.75. The molecule has 4 nitrogen and oxygen atoms in total. The van der Waals surface area contributed by atoms with Gasteiger partial charge in [-0.05, 0) is 31.4 Å². The number of unbranched alkanes of at least 4 members (excludes halogenated alkanes) is 5. The van der Waals surface area contributed by atoms with Gasteiger partial charge in [0.15, 0.2) is 4.75 Å². The van der Waals surface area contributed by atoms with Crippen LogP contribution in [0, 0.1) is 9.71 Å². The van der Waals surface area contributed by atoms with Gasteiger partial charge in [-0.1, -0.05) is 73.5 Å². The summed E-state index contributed by atoms with van der Waals surface area (Å²) in [5, 5.41) is 17.4. The fourth-order valence-electron chi connectivity index (χ4n) is 1.82. The van der Waals surface area contributed by atoms with E-state index in [9.17, 15) is 5.11 Å². The molecule has 0 spiro atoms. The number of rotatable bonds is 7. The molecule has 1 N–H and O–H groups in total. The molecule has 1 aromatic rings. The SMILES string of the molecule is C=CC.CCCCCCCCc1ccccc1O.O=[O+][O-]. The number of benzene rings is 1. The summed E-state index contributed by atoms with van der Waals surface area (Å²) in [7, 11) is 0. The van der Waals surface area contributed by atoms with Crippen LogP contribution in [0.5, 0.6) is 5.75 Å². The third-order valence-corrected chi connectivity index (χ3v) is 2.79. The number of phenols is 1. The van der Waals surface area contributed by atoms with Crippen molar-refractivity contribution >= 4 is 0 Å². The summed E-state index contributed by atoms with van der Waals surface area (Å²) >= 11 is 0. The maximum Gasteiger partial charge on any atom is 0.154 e. The van der Waals surface area contributed by atoms with Gasteiger partial charge in [0.2, 0.25) is 0 Å². The Morgan fingerprint density at radius 1 is 1.19 bits per heavy atom. The van der Waals surface area contributed by atoms with Crippen LogP contribution >= 0.6 is 0 Å². The highest BCUT2D eigenvalue weighted by molar-refractivity contribution is 5.31. The van der Waals surface area contributed by atoms with Gasteiger partial charge in [-0.15, -0.1) is 6.58 Å². The second-order valence-corrected chi connectivity index (χ2v) is 4.62.